The summed E-state index contributed by atoms with van der Waals surface area (Å²) in [4.78, 5) is 11.9. The van der Waals surface area contributed by atoms with E-state index >= 15 is 0 Å². The lowest BCUT2D eigenvalue weighted by Crippen LogP contribution is -2.01. The van der Waals surface area contributed by atoms with Gasteiger partial charge >= 0.3 is 5.97 Å². The van der Waals surface area contributed by atoms with Gasteiger partial charge in [0.2, 0.25) is 0 Å². The minimum Gasteiger partial charge on any atom is -0.496 e. The minimum absolute atomic E-state index is 0.346. The van der Waals surface area contributed by atoms with Gasteiger partial charge in [-0.15, -0.1) is 0 Å². The molecule has 0 aliphatic rings. The van der Waals surface area contributed by atoms with Gasteiger partial charge in [0.25, 0.3) is 0 Å². The highest BCUT2D eigenvalue weighted by atomic mass is 16.5. The molecule has 0 N–H and O–H groups in total. The van der Waals surface area contributed by atoms with E-state index in [9.17, 15) is 4.79 Å². The Balaban J connectivity index is 1.99. The predicted octanol–water partition coefficient (Wildman–Crippen LogP) is 6.28. The number of hydrogen-bond donors (Lipinski definition) is 0. The van der Waals surface area contributed by atoms with E-state index in [-0.39, 0.29) is 5.97 Å². The number of benzene rings is 3. The highest BCUT2D eigenvalue weighted by molar-refractivity contribution is 5.91. The van der Waals surface area contributed by atoms with E-state index in [2.05, 4.69) is 25.6 Å². The molecule has 0 saturated heterocycles. The molecule has 0 spiro atoms. The van der Waals surface area contributed by atoms with Crippen molar-refractivity contribution in [1.82, 2.24) is 0 Å². The van der Waals surface area contributed by atoms with E-state index in [1.54, 1.807) is 26.4 Å². The average molecular weight is 415 g/mol. The SMILES string of the molecule is C=Cc1c(OC)cc(/C=C/c2cccc(-c3cccc(C(=O)OC)c3)c2C)cc1OC. The van der Waals surface area contributed by atoms with Crippen molar-refractivity contribution in [3.05, 3.63) is 89.0 Å². The van der Waals surface area contributed by atoms with Gasteiger partial charge in [0, 0.05) is 0 Å². The van der Waals surface area contributed by atoms with Crippen molar-refractivity contribution >= 4 is 24.2 Å². The van der Waals surface area contributed by atoms with Crippen LogP contribution in [0.3, 0.4) is 0 Å². The minimum atomic E-state index is -0.346. The Kier molecular flexibility index (Phi) is 6.93. The first kappa shape index (κ1) is 21.9. The highest BCUT2D eigenvalue weighted by Gasteiger charge is 2.11. The van der Waals surface area contributed by atoms with Crippen LogP contribution in [0, 0.1) is 6.92 Å². The second kappa shape index (κ2) is 9.81. The van der Waals surface area contributed by atoms with Gasteiger partial charge < -0.3 is 14.2 Å². The maximum absolute atomic E-state index is 11.9. The van der Waals surface area contributed by atoms with Crippen LogP contribution in [0.4, 0.5) is 0 Å². The summed E-state index contributed by atoms with van der Waals surface area (Å²) in [6, 6.07) is 17.5. The van der Waals surface area contributed by atoms with Gasteiger partial charge in [0.15, 0.2) is 0 Å². The summed E-state index contributed by atoms with van der Waals surface area (Å²) in [5, 5.41) is 0. The molecule has 0 heterocycles. The predicted molar refractivity (Wildman–Crippen MR) is 127 cm³/mol. The molecule has 0 aliphatic carbocycles. The van der Waals surface area contributed by atoms with Crippen LogP contribution in [0.2, 0.25) is 0 Å². The first-order valence-corrected chi connectivity index (χ1v) is 9.87. The molecule has 0 unspecified atom stereocenters. The quantitative estimate of drug-likeness (QED) is 0.337. The molecule has 0 atom stereocenters. The molecule has 3 aromatic carbocycles. The lowest BCUT2D eigenvalue weighted by Gasteiger charge is -2.12. The molecule has 3 rings (SSSR count). The van der Waals surface area contributed by atoms with Crippen molar-refractivity contribution < 1.29 is 19.0 Å². The van der Waals surface area contributed by atoms with E-state index in [1.807, 2.05) is 48.5 Å². The molecule has 4 nitrogen and oxygen atoms in total. The second-order valence-corrected chi connectivity index (χ2v) is 6.97. The van der Waals surface area contributed by atoms with Crippen molar-refractivity contribution in [3.63, 3.8) is 0 Å². The Labute approximate surface area is 183 Å². The number of hydrogen-bond acceptors (Lipinski definition) is 4. The van der Waals surface area contributed by atoms with Crippen molar-refractivity contribution in [3.8, 4) is 22.6 Å². The third-order valence-electron chi connectivity index (χ3n) is 5.20. The molecule has 0 amide bonds. The molecule has 0 bridgehead atoms. The summed E-state index contributed by atoms with van der Waals surface area (Å²) in [7, 11) is 4.65. The van der Waals surface area contributed by atoms with Gasteiger partial charge in [-0.1, -0.05) is 55.1 Å². The molecular formula is C27H26O4. The number of methoxy groups -OCH3 is 3. The van der Waals surface area contributed by atoms with Gasteiger partial charge in [-0.3, -0.25) is 0 Å². The summed E-state index contributed by atoms with van der Waals surface area (Å²) in [5.74, 6) is 1.07. The Hall–Kier alpha value is -3.79. The van der Waals surface area contributed by atoms with Crippen LogP contribution in [0.5, 0.6) is 11.5 Å². The number of esters is 1. The normalized spacial score (nSPS) is 10.7. The fraction of sp³-hybridized carbons (Fsp3) is 0.148. The molecule has 0 radical (unpaired) electrons. The zero-order valence-corrected chi connectivity index (χ0v) is 18.3. The van der Waals surface area contributed by atoms with Crippen LogP contribution in [-0.4, -0.2) is 27.3 Å². The van der Waals surface area contributed by atoms with Crippen molar-refractivity contribution in [2.45, 2.75) is 6.92 Å². The topological polar surface area (TPSA) is 44.8 Å². The van der Waals surface area contributed by atoms with Gasteiger partial charge in [-0.2, -0.15) is 0 Å². The summed E-state index contributed by atoms with van der Waals surface area (Å²) < 4.78 is 15.8. The number of ether oxygens (including phenoxy) is 3. The van der Waals surface area contributed by atoms with Crippen LogP contribution >= 0.6 is 0 Å². The van der Waals surface area contributed by atoms with E-state index in [0.29, 0.717) is 17.1 Å². The summed E-state index contributed by atoms with van der Waals surface area (Å²) in [6.07, 6.45) is 5.81. The molecule has 0 aliphatic heterocycles. The maximum atomic E-state index is 11.9. The zero-order valence-electron chi connectivity index (χ0n) is 18.3. The summed E-state index contributed by atoms with van der Waals surface area (Å²) in [5.41, 5.74) is 6.53. The first-order chi connectivity index (χ1) is 15.0. The second-order valence-electron chi connectivity index (χ2n) is 6.97. The highest BCUT2D eigenvalue weighted by Crippen LogP contribution is 2.33. The van der Waals surface area contributed by atoms with Crippen LogP contribution in [0.1, 0.15) is 32.6 Å². The average Bonchev–Trinajstić information content (AvgIpc) is 2.82. The summed E-state index contributed by atoms with van der Waals surface area (Å²) in [6.45, 7) is 5.91. The van der Waals surface area contributed by atoms with Crippen molar-refractivity contribution in [1.29, 1.82) is 0 Å². The Morgan fingerprint density at radius 1 is 0.903 bits per heavy atom. The lowest BCUT2D eigenvalue weighted by atomic mass is 9.95. The Bertz CT molecular complexity index is 1120. The van der Waals surface area contributed by atoms with Gasteiger partial charge in [0.1, 0.15) is 11.5 Å². The van der Waals surface area contributed by atoms with Crippen molar-refractivity contribution in [2.24, 2.45) is 0 Å². The first-order valence-electron chi connectivity index (χ1n) is 9.87. The number of rotatable bonds is 7. The van der Waals surface area contributed by atoms with Gasteiger partial charge in [-0.05, 0) is 59.0 Å². The number of carbonyl (C=O) groups excluding carboxylic acids is 1. The van der Waals surface area contributed by atoms with E-state index in [0.717, 1.165) is 33.4 Å². The molecule has 0 aromatic heterocycles. The molecule has 31 heavy (non-hydrogen) atoms. The molecule has 4 heteroatoms. The van der Waals surface area contributed by atoms with Crippen molar-refractivity contribution in [2.75, 3.05) is 21.3 Å². The van der Waals surface area contributed by atoms with E-state index in [4.69, 9.17) is 14.2 Å². The van der Waals surface area contributed by atoms with Crippen LogP contribution in [0.15, 0.2) is 61.2 Å². The van der Waals surface area contributed by atoms with Gasteiger partial charge in [0.05, 0.1) is 32.5 Å². The maximum Gasteiger partial charge on any atom is 0.337 e. The molecule has 0 fully saturated rings. The molecular weight excluding hydrogens is 388 g/mol. The molecule has 158 valence electrons. The standard InChI is InChI=1S/C27H26O4/c1-6-23-25(29-3)15-19(16-26(23)30-4)13-14-20-9-8-12-24(18(20)2)21-10-7-11-22(17-21)27(28)31-5/h6-17H,1H2,2-5H3/b14-13+. The molecule has 0 saturated carbocycles. The number of carbonyl (C=O) groups is 1. The third kappa shape index (κ3) is 4.69. The largest absolute Gasteiger partial charge is 0.496 e. The van der Waals surface area contributed by atoms with Crippen LogP contribution in [0.25, 0.3) is 29.4 Å². The third-order valence-corrected chi connectivity index (χ3v) is 5.20. The van der Waals surface area contributed by atoms with Gasteiger partial charge in [-0.25, -0.2) is 4.79 Å². The monoisotopic (exact) mass is 414 g/mol. The fourth-order valence-electron chi connectivity index (χ4n) is 3.52. The van der Waals surface area contributed by atoms with Crippen LogP contribution in [-0.2, 0) is 4.74 Å². The Morgan fingerprint density at radius 3 is 2.19 bits per heavy atom. The Morgan fingerprint density at radius 2 is 1.58 bits per heavy atom. The van der Waals surface area contributed by atoms with Crippen LogP contribution < -0.4 is 9.47 Å². The van der Waals surface area contributed by atoms with E-state index < -0.39 is 0 Å². The van der Waals surface area contributed by atoms with E-state index in [1.165, 1.54) is 7.11 Å². The summed E-state index contributed by atoms with van der Waals surface area (Å²) >= 11 is 0. The molecule has 3 aromatic rings. The smallest absolute Gasteiger partial charge is 0.337 e. The zero-order chi connectivity index (χ0) is 22.4. The lowest BCUT2D eigenvalue weighted by molar-refractivity contribution is 0.0601. The fourth-order valence-corrected chi connectivity index (χ4v) is 3.52.